The van der Waals surface area contributed by atoms with Crippen molar-refractivity contribution in [1.29, 1.82) is 0 Å². The lowest BCUT2D eigenvalue weighted by molar-refractivity contribution is -0.139. The topological polar surface area (TPSA) is 21.7 Å². The van der Waals surface area contributed by atoms with Gasteiger partial charge in [0.05, 0.1) is 11.7 Å². The van der Waals surface area contributed by atoms with Crippen LogP contribution in [0.3, 0.4) is 0 Å². The first-order valence-corrected chi connectivity index (χ1v) is 7.05. The number of likely N-dealkylation sites (tertiary alicyclic amines) is 1. The van der Waals surface area contributed by atoms with Crippen LogP contribution >= 0.6 is 0 Å². The Kier molecular flexibility index (Phi) is 5.47. The van der Waals surface area contributed by atoms with Gasteiger partial charge >= 0.3 is 6.18 Å². The van der Waals surface area contributed by atoms with E-state index in [1.54, 1.807) is 13.2 Å². The van der Waals surface area contributed by atoms with E-state index in [0.29, 0.717) is 6.54 Å². The molecule has 0 aromatic heterocycles. The predicted octanol–water partition coefficient (Wildman–Crippen LogP) is 3.20. The SMILES string of the molecule is COC1CCCN(CCOc2ccccc2C(F)(F)F)C1. The van der Waals surface area contributed by atoms with E-state index in [2.05, 4.69) is 4.90 Å². The summed E-state index contributed by atoms with van der Waals surface area (Å²) in [6, 6.07) is 5.31. The van der Waals surface area contributed by atoms with Gasteiger partial charge < -0.3 is 9.47 Å². The van der Waals surface area contributed by atoms with Crippen LogP contribution in [0.1, 0.15) is 18.4 Å². The summed E-state index contributed by atoms with van der Waals surface area (Å²) in [6.07, 6.45) is -2.10. The van der Waals surface area contributed by atoms with Crippen molar-refractivity contribution in [2.24, 2.45) is 0 Å². The molecule has 0 spiro atoms. The highest BCUT2D eigenvalue weighted by molar-refractivity contribution is 5.35. The van der Waals surface area contributed by atoms with Gasteiger partial charge in [0.2, 0.25) is 0 Å². The van der Waals surface area contributed by atoms with Gasteiger partial charge in [-0.2, -0.15) is 13.2 Å². The minimum atomic E-state index is -4.39. The van der Waals surface area contributed by atoms with Crippen molar-refractivity contribution in [3.8, 4) is 5.75 Å². The average Bonchev–Trinajstić information content (AvgIpc) is 2.47. The first-order chi connectivity index (χ1) is 10.0. The zero-order valence-corrected chi connectivity index (χ0v) is 12.0. The minimum Gasteiger partial charge on any atom is -0.492 e. The Hall–Kier alpha value is -1.27. The molecule has 118 valence electrons. The Morgan fingerprint density at radius 2 is 2.05 bits per heavy atom. The maximum Gasteiger partial charge on any atom is 0.419 e. The van der Waals surface area contributed by atoms with Gasteiger partial charge in [0.15, 0.2) is 0 Å². The van der Waals surface area contributed by atoms with Crippen molar-refractivity contribution in [2.75, 3.05) is 33.4 Å². The van der Waals surface area contributed by atoms with Gasteiger partial charge in [-0.05, 0) is 31.5 Å². The third-order valence-corrected chi connectivity index (χ3v) is 3.65. The molecule has 3 nitrogen and oxygen atoms in total. The van der Waals surface area contributed by atoms with E-state index >= 15 is 0 Å². The number of piperidine rings is 1. The zero-order chi connectivity index (χ0) is 15.3. The van der Waals surface area contributed by atoms with Crippen molar-refractivity contribution >= 4 is 0 Å². The molecule has 0 bridgehead atoms. The molecular formula is C15H20F3NO2. The van der Waals surface area contributed by atoms with Gasteiger partial charge in [-0.25, -0.2) is 0 Å². The number of benzene rings is 1. The quantitative estimate of drug-likeness (QED) is 0.834. The molecule has 6 heteroatoms. The van der Waals surface area contributed by atoms with E-state index in [1.165, 1.54) is 12.1 Å². The Balaban J connectivity index is 1.86. The second-order valence-corrected chi connectivity index (χ2v) is 5.14. The van der Waals surface area contributed by atoms with Gasteiger partial charge in [0.1, 0.15) is 12.4 Å². The molecule has 21 heavy (non-hydrogen) atoms. The van der Waals surface area contributed by atoms with Crippen LogP contribution in [-0.2, 0) is 10.9 Å². The van der Waals surface area contributed by atoms with E-state index in [4.69, 9.17) is 9.47 Å². The first-order valence-electron chi connectivity index (χ1n) is 7.05. The molecule has 1 saturated heterocycles. The van der Waals surface area contributed by atoms with Crippen LogP contribution in [-0.4, -0.2) is 44.4 Å². The second kappa shape index (κ2) is 7.13. The number of rotatable bonds is 5. The third kappa shape index (κ3) is 4.61. The smallest absolute Gasteiger partial charge is 0.419 e. The van der Waals surface area contributed by atoms with Crippen LogP contribution < -0.4 is 4.74 Å². The highest BCUT2D eigenvalue weighted by atomic mass is 19.4. The van der Waals surface area contributed by atoms with Crippen molar-refractivity contribution in [3.63, 3.8) is 0 Å². The summed E-state index contributed by atoms with van der Waals surface area (Å²) in [6.45, 7) is 2.58. The standard InChI is InChI=1S/C15H20F3NO2/c1-20-12-5-4-8-19(11-12)9-10-21-14-7-3-2-6-13(14)15(16,17)18/h2-3,6-7,12H,4-5,8-11H2,1H3. The lowest BCUT2D eigenvalue weighted by atomic mass is 10.1. The molecule has 1 aliphatic rings. The molecule has 2 rings (SSSR count). The fourth-order valence-corrected chi connectivity index (χ4v) is 2.52. The maximum absolute atomic E-state index is 12.8. The van der Waals surface area contributed by atoms with Crippen molar-refractivity contribution in [3.05, 3.63) is 29.8 Å². The molecule has 1 aromatic carbocycles. The molecule has 0 saturated carbocycles. The molecular weight excluding hydrogens is 283 g/mol. The number of nitrogens with zero attached hydrogens (tertiary/aromatic N) is 1. The summed E-state index contributed by atoms with van der Waals surface area (Å²) in [4.78, 5) is 2.16. The third-order valence-electron chi connectivity index (χ3n) is 3.65. The van der Waals surface area contributed by atoms with Crippen molar-refractivity contribution < 1.29 is 22.6 Å². The summed E-state index contributed by atoms with van der Waals surface area (Å²) in [7, 11) is 1.68. The summed E-state index contributed by atoms with van der Waals surface area (Å²) in [5.41, 5.74) is -0.724. The summed E-state index contributed by atoms with van der Waals surface area (Å²) in [5, 5.41) is 0. The summed E-state index contributed by atoms with van der Waals surface area (Å²) >= 11 is 0. The number of ether oxygens (including phenoxy) is 2. The molecule has 0 aliphatic carbocycles. The highest BCUT2D eigenvalue weighted by Gasteiger charge is 2.34. The zero-order valence-electron chi connectivity index (χ0n) is 12.0. The molecule has 1 fully saturated rings. The molecule has 1 aromatic rings. The molecule has 0 radical (unpaired) electrons. The molecule has 1 aliphatic heterocycles. The fourth-order valence-electron chi connectivity index (χ4n) is 2.52. The molecule has 1 atom stereocenters. The van der Waals surface area contributed by atoms with E-state index < -0.39 is 11.7 Å². The van der Waals surface area contributed by atoms with E-state index in [-0.39, 0.29) is 18.5 Å². The van der Waals surface area contributed by atoms with Gasteiger partial charge in [-0.15, -0.1) is 0 Å². The monoisotopic (exact) mass is 303 g/mol. The molecule has 0 amide bonds. The summed E-state index contributed by atoms with van der Waals surface area (Å²) in [5.74, 6) is -0.106. The first kappa shape index (κ1) is 16.1. The predicted molar refractivity (Wildman–Crippen MR) is 73.4 cm³/mol. The summed E-state index contributed by atoms with van der Waals surface area (Å²) < 4.78 is 49.1. The van der Waals surface area contributed by atoms with E-state index in [0.717, 1.165) is 32.0 Å². The van der Waals surface area contributed by atoms with Crippen molar-refractivity contribution in [1.82, 2.24) is 4.90 Å². The van der Waals surface area contributed by atoms with Crippen LogP contribution in [0, 0.1) is 0 Å². The van der Waals surface area contributed by atoms with Gasteiger partial charge in [0, 0.05) is 20.2 Å². The van der Waals surface area contributed by atoms with Crippen LogP contribution in [0.5, 0.6) is 5.75 Å². The Labute approximate surface area is 122 Å². The van der Waals surface area contributed by atoms with E-state index in [1.807, 2.05) is 0 Å². The number of hydrogen-bond acceptors (Lipinski definition) is 3. The fraction of sp³-hybridized carbons (Fsp3) is 0.600. The lowest BCUT2D eigenvalue weighted by Crippen LogP contribution is -2.41. The maximum atomic E-state index is 12.8. The number of halogens is 3. The van der Waals surface area contributed by atoms with Crippen LogP contribution in [0.2, 0.25) is 0 Å². The molecule has 0 N–H and O–H groups in total. The largest absolute Gasteiger partial charge is 0.492 e. The Morgan fingerprint density at radius 1 is 1.29 bits per heavy atom. The Morgan fingerprint density at radius 3 is 2.76 bits per heavy atom. The van der Waals surface area contributed by atoms with Crippen LogP contribution in [0.15, 0.2) is 24.3 Å². The number of methoxy groups -OCH3 is 1. The number of hydrogen-bond donors (Lipinski definition) is 0. The van der Waals surface area contributed by atoms with Gasteiger partial charge in [0.25, 0.3) is 0 Å². The Bertz CT molecular complexity index is 451. The van der Waals surface area contributed by atoms with Gasteiger partial charge in [-0.3, -0.25) is 4.90 Å². The average molecular weight is 303 g/mol. The van der Waals surface area contributed by atoms with Crippen LogP contribution in [0.25, 0.3) is 0 Å². The lowest BCUT2D eigenvalue weighted by Gasteiger charge is -2.31. The number of alkyl halides is 3. The normalized spacial score (nSPS) is 20.5. The van der Waals surface area contributed by atoms with Crippen LogP contribution in [0.4, 0.5) is 13.2 Å². The van der Waals surface area contributed by atoms with Crippen molar-refractivity contribution in [2.45, 2.75) is 25.1 Å². The van der Waals surface area contributed by atoms with E-state index in [9.17, 15) is 13.2 Å². The second-order valence-electron chi connectivity index (χ2n) is 5.14. The van der Waals surface area contributed by atoms with Gasteiger partial charge in [-0.1, -0.05) is 12.1 Å². The minimum absolute atomic E-state index is 0.106. The highest BCUT2D eigenvalue weighted by Crippen LogP contribution is 2.35. The molecule has 1 heterocycles. The molecule has 1 unspecified atom stereocenters. The number of para-hydroxylation sites is 1.